The Labute approximate surface area is 112 Å². The lowest BCUT2D eigenvalue weighted by molar-refractivity contribution is 1.11. The summed E-state index contributed by atoms with van der Waals surface area (Å²) < 4.78 is 0. The number of para-hydroxylation sites is 1. The predicted molar refractivity (Wildman–Crippen MR) is 78.7 cm³/mol. The summed E-state index contributed by atoms with van der Waals surface area (Å²) in [6.07, 6.45) is 4.00. The van der Waals surface area contributed by atoms with Gasteiger partial charge >= 0.3 is 0 Å². The van der Waals surface area contributed by atoms with Crippen LogP contribution >= 0.6 is 0 Å². The van der Waals surface area contributed by atoms with Crippen molar-refractivity contribution >= 4 is 23.1 Å². The van der Waals surface area contributed by atoms with Crippen LogP contribution in [0.5, 0.6) is 0 Å². The van der Waals surface area contributed by atoms with Gasteiger partial charge in [-0.3, -0.25) is 10.1 Å². The van der Waals surface area contributed by atoms with E-state index in [1.54, 1.807) is 0 Å². The Morgan fingerprint density at radius 1 is 1.05 bits per heavy atom. The summed E-state index contributed by atoms with van der Waals surface area (Å²) in [6.45, 7) is 4.09. The van der Waals surface area contributed by atoms with Crippen LogP contribution in [0.2, 0.25) is 0 Å². The van der Waals surface area contributed by atoms with Crippen LogP contribution in [-0.2, 0) is 0 Å². The van der Waals surface area contributed by atoms with Crippen molar-refractivity contribution in [1.82, 2.24) is 15.2 Å². The second kappa shape index (κ2) is 4.69. The van der Waals surface area contributed by atoms with E-state index in [0.717, 1.165) is 28.0 Å². The number of aromatic amines is 1. The molecular weight excluding hydrogens is 234 g/mol. The Bertz CT molecular complexity index is 733. The number of rotatable bonds is 2. The molecule has 94 valence electrons. The first kappa shape index (κ1) is 11.7. The molecule has 0 saturated heterocycles. The van der Waals surface area contributed by atoms with Crippen LogP contribution in [-0.4, -0.2) is 15.2 Å². The lowest BCUT2D eigenvalue weighted by Gasteiger charge is -1.98. The van der Waals surface area contributed by atoms with Crippen LogP contribution < -0.4 is 0 Å². The van der Waals surface area contributed by atoms with Gasteiger partial charge in [-0.1, -0.05) is 18.2 Å². The number of aromatic nitrogens is 3. The largest absolute Gasteiger partial charge is 0.277 e. The molecule has 3 heteroatoms. The van der Waals surface area contributed by atoms with Crippen molar-refractivity contribution in [1.29, 1.82) is 0 Å². The van der Waals surface area contributed by atoms with Crippen molar-refractivity contribution in [3.05, 3.63) is 59.0 Å². The van der Waals surface area contributed by atoms with Crippen molar-refractivity contribution in [2.75, 3.05) is 0 Å². The van der Waals surface area contributed by atoms with E-state index in [0.29, 0.717) is 0 Å². The zero-order valence-electron chi connectivity index (χ0n) is 11.0. The second-order valence-corrected chi connectivity index (χ2v) is 4.70. The number of hydrogen-bond donors (Lipinski definition) is 1. The van der Waals surface area contributed by atoms with Gasteiger partial charge in [0.15, 0.2) is 0 Å². The fourth-order valence-corrected chi connectivity index (χ4v) is 2.23. The Balaban J connectivity index is 1.98. The minimum absolute atomic E-state index is 0.941. The van der Waals surface area contributed by atoms with Gasteiger partial charge in [-0.25, -0.2) is 0 Å². The van der Waals surface area contributed by atoms with E-state index in [9.17, 15) is 0 Å². The smallest absolute Gasteiger partial charge is 0.0927 e. The molecule has 1 N–H and O–H groups in total. The summed E-state index contributed by atoms with van der Waals surface area (Å²) >= 11 is 0. The third kappa shape index (κ3) is 2.40. The maximum atomic E-state index is 4.49. The first-order chi connectivity index (χ1) is 9.22. The van der Waals surface area contributed by atoms with Gasteiger partial charge in [-0.15, -0.1) is 0 Å². The number of aryl methyl sites for hydroxylation is 2. The summed E-state index contributed by atoms with van der Waals surface area (Å²) in [7, 11) is 0. The summed E-state index contributed by atoms with van der Waals surface area (Å²) in [5, 5.41) is 8.47. The van der Waals surface area contributed by atoms with Crippen molar-refractivity contribution in [2.45, 2.75) is 13.8 Å². The first-order valence-corrected chi connectivity index (χ1v) is 6.29. The summed E-state index contributed by atoms with van der Waals surface area (Å²) in [4.78, 5) is 4.49. The summed E-state index contributed by atoms with van der Waals surface area (Å²) in [5.74, 6) is 0. The molecule has 0 aliphatic carbocycles. The zero-order valence-corrected chi connectivity index (χ0v) is 11.0. The van der Waals surface area contributed by atoms with E-state index in [1.807, 2.05) is 37.3 Å². The minimum Gasteiger partial charge on any atom is -0.277 e. The molecule has 2 heterocycles. The highest BCUT2D eigenvalue weighted by Crippen LogP contribution is 2.17. The topological polar surface area (TPSA) is 41.6 Å². The van der Waals surface area contributed by atoms with E-state index in [4.69, 9.17) is 0 Å². The van der Waals surface area contributed by atoms with Crippen molar-refractivity contribution in [3.8, 4) is 0 Å². The molecular formula is C16H15N3. The van der Waals surface area contributed by atoms with Gasteiger partial charge in [0.05, 0.1) is 16.9 Å². The number of fused-ring (bicyclic) bond motifs is 1. The molecule has 0 saturated carbocycles. The Morgan fingerprint density at radius 3 is 2.74 bits per heavy atom. The van der Waals surface area contributed by atoms with Crippen molar-refractivity contribution in [2.24, 2.45) is 0 Å². The highest BCUT2D eigenvalue weighted by Gasteiger charge is 2.01. The van der Waals surface area contributed by atoms with Gasteiger partial charge in [0.1, 0.15) is 0 Å². The maximum Gasteiger partial charge on any atom is 0.0927 e. The Hall–Kier alpha value is -2.42. The molecule has 3 rings (SSSR count). The third-order valence-electron chi connectivity index (χ3n) is 3.03. The van der Waals surface area contributed by atoms with Crippen LogP contribution in [0.1, 0.15) is 22.6 Å². The highest BCUT2D eigenvalue weighted by atomic mass is 15.1. The van der Waals surface area contributed by atoms with Crippen molar-refractivity contribution in [3.63, 3.8) is 0 Å². The van der Waals surface area contributed by atoms with E-state index < -0.39 is 0 Å². The van der Waals surface area contributed by atoms with Crippen LogP contribution in [0.3, 0.4) is 0 Å². The van der Waals surface area contributed by atoms with Crippen LogP contribution in [0, 0.1) is 13.8 Å². The average Bonchev–Trinajstić information content (AvgIpc) is 2.78. The number of hydrogen-bond acceptors (Lipinski definition) is 2. The SMILES string of the molecule is Cc1cc(C)nc(/C=C/c2n[nH]c3ccccc23)c1. The molecule has 2 aromatic heterocycles. The molecule has 0 bridgehead atoms. The highest BCUT2D eigenvalue weighted by molar-refractivity contribution is 5.88. The van der Waals surface area contributed by atoms with Gasteiger partial charge in [0.2, 0.25) is 0 Å². The quantitative estimate of drug-likeness (QED) is 0.751. The van der Waals surface area contributed by atoms with Gasteiger partial charge in [0, 0.05) is 11.1 Å². The molecule has 0 amide bonds. The standard InChI is InChI=1S/C16H15N3/c1-11-9-12(2)17-13(10-11)7-8-16-14-5-3-4-6-15(14)18-19-16/h3-10H,1-2H3,(H,18,19)/b8-7+. The van der Waals surface area contributed by atoms with Crippen LogP contribution in [0.25, 0.3) is 23.1 Å². The van der Waals surface area contributed by atoms with E-state index in [1.165, 1.54) is 5.56 Å². The first-order valence-electron chi connectivity index (χ1n) is 6.29. The van der Waals surface area contributed by atoms with Crippen molar-refractivity contribution < 1.29 is 0 Å². The van der Waals surface area contributed by atoms with E-state index in [2.05, 4.69) is 40.3 Å². The monoisotopic (exact) mass is 249 g/mol. The summed E-state index contributed by atoms with van der Waals surface area (Å²) in [6, 6.07) is 12.2. The molecule has 0 aliphatic rings. The number of H-pyrrole nitrogens is 1. The number of nitrogens with one attached hydrogen (secondary N) is 1. The predicted octanol–water partition coefficient (Wildman–Crippen LogP) is 3.75. The number of benzene rings is 1. The van der Waals surface area contributed by atoms with Gasteiger partial charge in [0.25, 0.3) is 0 Å². The molecule has 0 atom stereocenters. The molecule has 3 nitrogen and oxygen atoms in total. The second-order valence-electron chi connectivity index (χ2n) is 4.70. The molecule has 0 fully saturated rings. The summed E-state index contributed by atoms with van der Waals surface area (Å²) in [5.41, 5.74) is 5.21. The van der Waals surface area contributed by atoms with E-state index in [-0.39, 0.29) is 0 Å². The van der Waals surface area contributed by atoms with Crippen LogP contribution in [0.15, 0.2) is 36.4 Å². The third-order valence-corrected chi connectivity index (χ3v) is 3.03. The minimum atomic E-state index is 0.941. The fraction of sp³-hybridized carbons (Fsp3) is 0.125. The lowest BCUT2D eigenvalue weighted by atomic mass is 10.1. The molecule has 1 aromatic carbocycles. The van der Waals surface area contributed by atoms with Gasteiger partial charge < -0.3 is 0 Å². The van der Waals surface area contributed by atoms with Gasteiger partial charge in [-0.05, 0) is 49.8 Å². The molecule has 0 radical (unpaired) electrons. The zero-order chi connectivity index (χ0) is 13.2. The number of nitrogens with zero attached hydrogens (tertiary/aromatic N) is 2. The fourth-order valence-electron chi connectivity index (χ4n) is 2.23. The molecule has 3 aromatic rings. The molecule has 0 unspecified atom stereocenters. The Kier molecular flexibility index (Phi) is 2.88. The normalized spacial score (nSPS) is 11.5. The maximum absolute atomic E-state index is 4.49. The molecule has 0 aliphatic heterocycles. The lowest BCUT2D eigenvalue weighted by Crippen LogP contribution is -1.87. The Morgan fingerprint density at radius 2 is 1.89 bits per heavy atom. The van der Waals surface area contributed by atoms with E-state index >= 15 is 0 Å². The molecule has 0 spiro atoms. The number of pyridine rings is 1. The van der Waals surface area contributed by atoms with Gasteiger partial charge in [-0.2, -0.15) is 5.10 Å². The average molecular weight is 249 g/mol. The van der Waals surface area contributed by atoms with Crippen LogP contribution in [0.4, 0.5) is 0 Å². The molecule has 19 heavy (non-hydrogen) atoms.